The average Bonchev–Trinajstić information content (AvgIpc) is 3.05. The van der Waals surface area contributed by atoms with Crippen molar-refractivity contribution in [2.24, 2.45) is 0 Å². The zero-order valence-corrected chi connectivity index (χ0v) is 17.8. The number of hydrogen-bond donors (Lipinski definition) is 0. The maximum absolute atomic E-state index is 13.4. The molecule has 1 aliphatic rings. The molecule has 1 amide bonds. The van der Waals surface area contributed by atoms with Crippen LogP contribution in [0.15, 0.2) is 6.07 Å². The average molecular weight is 430 g/mol. The van der Waals surface area contributed by atoms with Crippen molar-refractivity contribution in [3.8, 4) is 17.2 Å². The second-order valence-corrected chi connectivity index (χ2v) is 8.94. The van der Waals surface area contributed by atoms with E-state index in [-0.39, 0.29) is 34.3 Å². The Bertz CT molecular complexity index is 884. The molecule has 11 heteroatoms. The number of benzene rings is 1. The second kappa shape index (κ2) is 9.29. The zero-order valence-electron chi connectivity index (χ0n) is 17.0. The minimum absolute atomic E-state index is 0.00167. The van der Waals surface area contributed by atoms with Crippen LogP contribution < -0.4 is 14.2 Å². The van der Waals surface area contributed by atoms with E-state index >= 15 is 0 Å². The fourth-order valence-electron chi connectivity index (χ4n) is 3.44. The Labute approximate surface area is 169 Å². The lowest BCUT2D eigenvalue weighted by Gasteiger charge is -2.28. The molecule has 0 aliphatic carbocycles. The van der Waals surface area contributed by atoms with Gasteiger partial charge in [0.2, 0.25) is 11.5 Å². The Balaban J connectivity index is 2.61. The molecule has 1 aromatic carbocycles. The fraction of sp³-hybridized carbons (Fsp3) is 0.611. The standard InChI is InChI=1S/C18H26N2O8S/c1-5-6-8-19(12-7-9-29(24,25)11-12)18(21)13-10-14(26-2)16(27-3)17(28-4)15(13)20(22)23/h10,12H,5-9,11H2,1-4H3. The Kier molecular flexibility index (Phi) is 7.28. The maximum Gasteiger partial charge on any atom is 0.327 e. The molecule has 2 rings (SSSR count). The number of nitrogens with zero attached hydrogens (tertiary/aromatic N) is 2. The molecule has 1 saturated heterocycles. The third-order valence-electron chi connectivity index (χ3n) is 4.88. The van der Waals surface area contributed by atoms with Crippen LogP contribution in [0, 0.1) is 10.1 Å². The highest BCUT2D eigenvalue weighted by Crippen LogP contribution is 2.46. The molecule has 162 valence electrons. The summed E-state index contributed by atoms with van der Waals surface area (Å²) < 4.78 is 39.4. The van der Waals surface area contributed by atoms with Crippen molar-refractivity contribution >= 4 is 21.4 Å². The van der Waals surface area contributed by atoms with Crippen LogP contribution in [0.5, 0.6) is 17.2 Å². The van der Waals surface area contributed by atoms with Crippen molar-refractivity contribution in [1.82, 2.24) is 4.90 Å². The highest BCUT2D eigenvalue weighted by atomic mass is 32.2. The number of carbonyl (C=O) groups excluding carboxylic acids is 1. The van der Waals surface area contributed by atoms with Crippen LogP contribution in [0.4, 0.5) is 5.69 Å². The van der Waals surface area contributed by atoms with Gasteiger partial charge in [-0.3, -0.25) is 14.9 Å². The number of sulfone groups is 1. The Morgan fingerprint density at radius 2 is 1.90 bits per heavy atom. The first-order chi connectivity index (χ1) is 13.7. The van der Waals surface area contributed by atoms with Crippen molar-refractivity contribution in [1.29, 1.82) is 0 Å². The summed E-state index contributed by atoms with van der Waals surface area (Å²) >= 11 is 0. The SMILES string of the molecule is CCCCN(C(=O)c1cc(OC)c(OC)c(OC)c1[N+](=O)[O-])C1CCS(=O)(=O)C1. The number of amides is 1. The van der Waals surface area contributed by atoms with Gasteiger partial charge in [0.25, 0.3) is 5.91 Å². The van der Waals surface area contributed by atoms with E-state index in [1.807, 2.05) is 6.92 Å². The van der Waals surface area contributed by atoms with Crippen LogP contribution in [0.25, 0.3) is 0 Å². The molecule has 1 heterocycles. The normalized spacial score (nSPS) is 17.6. The molecule has 10 nitrogen and oxygen atoms in total. The summed E-state index contributed by atoms with van der Waals surface area (Å²) in [5.74, 6) is -0.915. The topological polar surface area (TPSA) is 125 Å². The summed E-state index contributed by atoms with van der Waals surface area (Å²) in [6.07, 6.45) is 1.72. The van der Waals surface area contributed by atoms with Crippen LogP contribution in [0.2, 0.25) is 0 Å². The number of nitro groups is 1. The van der Waals surface area contributed by atoms with E-state index in [2.05, 4.69) is 0 Å². The molecule has 0 aromatic heterocycles. The summed E-state index contributed by atoms with van der Waals surface area (Å²) in [6, 6.07) is 0.710. The minimum Gasteiger partial charge on any atom is -0.493 e. The highest BCUT2D eigenvalue weighted by Gasteiger charge is 2.39. The summed E-state index contributed by atoms with van der Waals surface area (Å²) in [6.45, 7) is 2.24. The second-order valence-electron chi connectivity index (χ2n) is 6.71. The number of methoxy groups -OCH3 is 3. The van der Waals surface area contributed by atoms with E-state index in [1.54, 1.807) is 0 Å². The number of ether oxygens (including phenoxy) is 3. The fourth-order valence-corrected chi connectivity index (χ4v) is 5.17. The Morgan fingerprint density at radius 1 is 1.24 bits per heavy atom. The Hall–Kier alpha value is -2.56. The van der Waals surface area contributed by atoms with Crippen molar-refractivity contribution in [3.63, 3.8) is 0 Å². The van der Waals surface area contributed by atoms with Gasteiger partial charge in [-0.25, -0.2) is 8.42 Å². The highest BCUT2D eigenvalue weighted by molar-refractivity contribution is 7.91. The van der Waals surface area contributed by atoms with Gasteiger partial charge in [0, 0.05) is 18.7 Å². The minimum atomic E-state index is -3.24. The van der Waals surface area contributed by atoms with Gasteiger partial charge in [-0.2, -0.15) is 0 Å². The van der Waals surface area contributed by atoms with Crippen molar-refractivity contribution < 1.29 is 32.3 Å². The van der Waals surface area contributed by atoms with Crippen LogP contribution in [0.1, 0.15) is 36.5 Å². The van der Waals surface area contributed by atoms with Crippen molar-refractivity contribution in [2.75, 3.05) is 39.4 Å². The number of carbonyl (C=O) groups is 1. The zero-order chi connectivity index (χ0) is 21.8. The van der Waals surface area contributed by atoms with Gasteiger partial charge in [-0.15, -0.1) is 0 Å². The van der Waals surface area contributed by atoms with E-state index in [0.29, 0.717) is 19.4 Å². The largest absolute Gasteiger partial charge is 0.493 e. The monoisotopic (exact) mass is 430 g/mol. The number of hydrogen-bond acceptors (Lipinski definition) is 8. The maximum atomic E-state index is 13.4. The van der Waals surface area contributed by atoms with E-state index in [9.17, 15) is 23.3 Å². The van der Waals surface area contributed by atoms with Gasteiger partial charge < -0.3 is 19.1 Å². The van der Waals surface area contributed by atoms with Crippen molar-refractivity contribution in [2.45, 2.75) is 32.2 Å². The molecule has 1 fully saturated rings. The van der Waals surface area contributed by atoms with Crippen LogP contribution in [0.3, 0.4) is 0 Å². The third kappa shape index (κ3) is 4.72. The van der Waals surface area contributed by atoms with Gasteiger partial charge in [-0.1, -0.05) is 13.3 Å². The molecule has 0 N–H and O–H groups in total. The number of rotatable bonds is 9. The lowest BCUT2D eigenvalue weighted by Crippen LogP contribution is -2.42. The van der Waals surface area contributed by atoms with Crippen molar-refractivity contribution in [3.05, 3.63) is 21.7 Å². The number of unbranched alkanes of at least 4 members (excludes halogenated alkanes) is 1. The predicted octanol–water partition coefficient (Wildman–Crippen LogP) is 2.05. The first-order valence-electron chi connectivity index (χ1n) is 9.19. The molecule has 1 aromatic rings. The molecule has 1 aliphatic heterocycles. The first-order valence-corrected chi connectivity index (χ1v) is 11.0. The first kappa shape index (κ1) is 22.7. The van der Waals surface area contributed by atoms with Gasteiger partial charge in [-0.05, 0) is 12.8 Å². The molecule has 0 radical (unpaired) electrons. The lowest BCUT2D eigenvalue weighted by atomic mass is 10.1. The summed E-state index contributed by atoms with van der Waals surface area (Å²) in [4.78, 5) is 25.9. The van der Waals surface area contributed by atoms with Gasteiger partial charge in [0.15, 0.2) is 15.6 Å². The molecule has 1 unspecified atom stereocenters. The smallest absolute Gasteiger partial charge is 0.327 e. The molecular weight excluding hydrogens is 404 g/mol. The quantitative estimate of drug-likeness (QED) is 0.430. The van der Waals surface area contributed by atoms with Crippen LogP contribution in [-0.4, -0.2) is 69.6 Å². The molecule has 0 bridgehead atoms. The van der Waals surface area contributed by atoms with E-state index in [4.69, 9.17) is 14.2 Å². The predicted molar refractivity (Wildman–Crippen MR) is 106 cm³/mol. The molecule has 0 saturated carbocycles. The molecule has 0 spiro atoms. The Morgan fingerprint density at radius 3 is 2.34 bits per heavy atom. The van der Waals surface area contributed by atoms with E-state index in [1.165, 1.54) is 32.3 Å². The molecule has 1 atom stereocenters. The lowest BCUT2D eigenvalue weighted by molar-refractivity contribution is -0.386. The van der Waals surface area contributed by atoms with Gasteiger partial charge >= 0.3 is 5.69 Å². The summed E-state index contributed by atoms with van der Waals surface area (Å²) in [7, 11) is 0.643. The van der Waals surface area contributed by atoms with E-state index in [0.717, 1.165) is 6.42 Å². The van der Waals surface area contributed by atoms with Crippen LogP contribution >= 0.6 is 0 Å². The molecular formula is C18H26N2O8S. The van der Waals surface area contributed by atoms with Gasteiger partial charge in [0.05, 0.1) is 37.8 Å². The summed E-state index contributed by atoms with van der Waals surface area (Å²) in [5.41, 5.74) is -0.776. The van der Waals surface area contributed by atoms with Crippen LogP contribution in [-0.2, 0) is 9.84 Å². The number of nitro benzene ring substituents is 1. The summed E-state index contributed by atoms with van der Waals surface area (Å²) in [5, 5.41) is 11.8. The molecule has 29 heavy (non-hydrogen) atoms. The van der Waals surface area contributed by atoms with Gasteiger partial charge in [0.1, 0.15) is 5.56 Å². The third-order valence-corrected chi connectivity index (χ3v) is 6.63. The van der Waals surface area contributed by atoms with E-state index < -0.39 is 32.4 Å².